The molecule has 2 fully saturated rings. The lowest BCUT2D eigenvalue weighted by atomic mass is 10.1. The van der Waals surface area contributed by atoms with E-state index < -0.39 is 21.8 Å². The molecule has 2 aromatic heterocycles. The monoisotopic (exact) mass is 537 g/mol. The molecule has 0 saturated carbocycles. The maximum Gasteiger partial charge on any atom is 0.305 e. The van der Waals surface area contributed by atoms with Gasteiger partial charge in [0.2, 0.25) is 15.8 Å². The Balaban J connectivity index is 1.19. The van der Waals surface area contributed by atoms with Crippen molar-refractivity contribution < 1.29 is 22.4 Å². The van der Waals surface area contributed by atoms with E-state index >= 15 is 0 Å². The Labute approximate surface area is 219 Å². The predicted molar refractivity (Wildman–Crippen MR) is 139 cm³/mol. The molecule has 13 heteroatoms. The third kappa shape index (κ3) is 4.42. The highest BCUT2D eigenvalue weighted by Crippen LogP contribution is 2.32. The summed E-state index contributed by atoms with van der Waals surface area (Å²) in [5, 5.41) is 6.14. The molecule has 3 aliphatic rings. The first-order valence-corrected chi connectivity index (χ1v) is 14.0. The number of hydrogen-bond donors (Lipinski definition) is 2. The van der Waals surface area contributed by atoms with E-state index in [0.29, 0.717) is 24.3 Å². The predicted octanol–water partition coefficient (Wildman–Crippen LogP) is 1.68. The summed E-state index contributed by atoms with van der Waals surface area (Å²) in [5.74, 6) is -1.01. The maximum absolute atomic E-state index is 13.2. The van der Waals surface area contributed by atoms with Gasteiger partial charge in [0.25, 0.3) is 11.8 Å². The van der Waals surface area contributed by atoms with Crippen molar-refractivity contribution in [3.63, 3.8) is 0 Å². The van der Waals surface area contributed by atoms with Crippen LogP contribution in [0.3, 0.4) is 0 Å². The minimum atomic E-state index is -3.66. The molecule has 0 aliphatic carbocycles. The van der Waals surface area contributed by atoms with E-state index in [1.807, 2.05) is 6.07 Å². The summed E-state index contributed by atoms with van der Waals surface area (Å²) in [6.07, 6.45) is 6.19. The van der Waals surface area contributed by atoms with Crippen LogP contribution in [0.1, 0.15) is 39.3 Å². The van der Waals surface area contributed by atoms with Crippen molar-refractivity contribution in [1.29, 1.82) is 0 Å². The normalized spacial score (nSPS) is 18.2. The second-order valence-corrected chi connectivity index (χ2v) is 11.4. The average molecular weight is 538 g/mol. The third-order valence-corrected chi connectivity index (χ3v) is 8.93. The Hall–Kier alpha value is -3.81. The number of rotatable bonds is 6. The Morgan fingerprint density at radius 2 is 1.84 bits per heavy atom. The van der Waals surface area contributed by atoms with Crippen LogP contribution >= 0.6 is 0 Å². The minimum absolute atomic E-state index is 0.0335. The number of pyridine rings is 1. The van der Waals surface area contributed by atoms with Crippen LogP contribution in [0.4, 0.5) is 17.4 Å². The fourth-order valence-corrected chi connectivity index (χ4v) is 6.56. The number of piperazine rings is 1. The van der Waals surface area contributed by atoms with E-state index in [4.69, 9.17) is 4.42 Å². The Morgan fingerprint density at radius 3 is 2.63 bits per heavy atom. The second-order valence-electron chi connectivity index (χ2n) is 9.41. The Kier molecular flexibility index (Phi) is 6.33. The fraction of sp³-hybridized carbons (Fsp3) is 0.360. The molecule has 38 heavy (non-hydrogen) atoms. The molecule has 1 aromatic carbocycles. The molecule has 0 radical (unpaired) electrons. The fourth-order valence-electron chi connectivity index (χ4n) is 5.02. The number of aromatic nitrogens is 2. The Bertz CT molecular complexity index is 1490. The summed E-state index contributed by atoms with van der Waals surface area (Å²) in [7, 11) is -3.66. The first-order valence-electron chi connectivity index (χ1n) is 12.5. The lowest BCUT2D eigenvalue weighted by Crippen LogP contribution is -2.43. The van der Waals surface area contributed by atoms with Gasteiger partial charge in [0.1, 0.15) is 0 Å². The second kappa shape index (κ2) is 9.82. The number of benzene rings is 1. The first kappa shape index (κ1) is 24.5. The molecular weight excluding hydrogens is 510 g/mol. The number of nitrogens with one attached hydrogen (secondary N) is 2. The standard InChI is InChI=1S/C25H27N7O5S/c33-23(29-20-14-27-6-5-21(20)30-11-7-26-8-12-30)22-15-28-25(37-22)32-16-17-3-4-18(13-19(17)24(32)34)38(35,36)31-9-1-2-10-31/h3-6,13-15,26H,1-2,7-12,16H2,(H,29,33). The van der Waals surface area contributed by atoms with Gasteiger partial charge < -0.3 is 20.0 Å². The quantitative estimate of drug-likeness (QED) is 0.480. The largest absolute Gasteiger partial charge is 0.418 e. The van der Waals surface area contributed by atoms with E-state index in [1.54, 1.807) is 18.5 Å². The topological polar surface area (TPSA) is 141 Å². The van der Waals surface area contributed by atoms with Crippen molar-refractivity contribution >= 4 is 39.2 Å². The molecule has 3 aliphatic heterocycles. The summed E-state index contributed by atoms with van der Waals surface area (Å²) in [4.78, 5) is 38.0. The molecule has 2 saturated heterocycles. The number of fused-ring (bicyclic) bond motifs is 1. The first-order chi connectivity index (χ1) is 18.4. The van der Waals surface area contributed by atoms with Crippen molar-refractivity contribution in [2.75, 3.05) is 54.4 Å². The maximum atomic E-state index is 13.2. The van der Waals surface area contributed by atoms with Gasteiger partial charge in [0.05, 0.1) is 35.2 Å². The average Bonchev–Trinajstić information content (AvgIpc) is 3.70. The SMILES string of the molecule is O=C(Nc1cnccc1N1CCNCC1)c1cnc(N2Cc3ccc(S(=O)(=O)N4CCCC4)cc3C2=O)o1. The molecular formula is C25H27N7O5S. The zero-order valence-corrected chi connectivity index (χ0v) is 21.4. The molecule has 0 spiro atoms. The van der Waals surface area contributed by atoms with Crippen LogP contribution in [0, 0.1) is 0 Å². The molecule has 6 rings (SSSR count). The van der Waals surface area contributed by atoms with Crippen molar-refractivity contribution in [3.05, 3.63) is 59.7 Å². The minimum Gasteiger partial charge on any atom is -0.418 e. The number of sulfonamides is 1. The summed E-state index contributed by atoms with van der Waals surface area (Å²) >= 11 is 0. The molecule has 2 N–H and O–H groups in total. The van der Waals surface area contributed by atoms with Crippen molar-refractivity contribution in [2.24, 2.45) is 0 Å². The van der Waals surface area contributed by atoms with E-state index in [2.05, 4.69) is 25.5 Å². The number of carbonyl (C=O) groups excluding carboxylic acids is 2. The molecule has 5 heterocycles. The van der Waals surface area contributed by atoms with Crippen molar-refractivity contribution in [2.45, 2.75) is 24.3 Å². The summed E-state index contributed by atoms with van der Waals surface area (Å²) in [5.41, 5.74) is 2.36. The molecule has 0 atom stereocenters. The molecule has 2 amide bonds. The van der Waals surface area contributed by atoms with Crippen molar-refractivity contribution in [3.8, 4) is 0 Å². The lowest BCUT2D eigenvalue weighted by Gasteiger charge is -2.30. The summed E-state index contributed by atoms with van der Waals surface area (Å²) in [6.45, 7) is 4.43. The van der Waals surface area contributed by atoms with Crippen LogP contribution in [0.2, 0.25) is 0 Å². The Morgan fingerprint density at radius 1 is 1.05 bits per heavy atom. The van der Waals surface area contributed by atoms with Gasteiger partial charge in [-0.25, -0.2) is 13.4 Å². The van der Waals surface area contributed by atoms with Gasteiger partial charge in [-0.2, -0.15) is 4.31 Å². The third-order valence-electron chi connectivity index (χ3n) is 7.04. The van der Waals surface area contributed by atoms with Gasteiger partial charge in [-0.05, 0) is 36.6 Å². The molecule has 0 bridgehead atoms. The summed E-state index contributed by atoms with van der Waals surface area (Å²) in [6, 6.07) is 6.41. The van der Waals surface area contributed by atoms with Crippen molar-refractivity contribution in [1.82, 2.24) is 19.6 Å². The van der Waals surface area contributed by atoms with Crippen LogP contribution in [0.15, 0.2) is 52.2 Å². The van der Waals surface area contributed by atoms with Gasteiger partial charge in [0, 0.05) is 51.0 Å². The molecule has 198 valence electrons. The van der Waals surface area contributed by atoms with Gasteiger partial charge in [-0.1, -0.05) is 6.07 Å². The smallest absolute Gasteiger partial charge is 0.305 e. The van der Waals surface area contributed by atoms with Crippen LogP contribution in [0.25, 0.3) is 0 Å². The molecule has 0 unspecified atom stereocenters. The van der Waals surface area contributed by atoms with Gasteiger partial charge >= 0.3 is 6.01 Å². The van der Waals surface area contributed by atoms with Crippen LogP contribution in [0.5, 0.6) is 0 Å². The zero-order chi connectivity index (χ0) is 26.3. The number of hydrogen-bond acceptors (Lipinski definition) is 9. The van der Waals surface area contributed by atoms with Gasteiger partial charge in [-0.15, -0.1) is 0 Å². The summed E-state index contributed by atoms with van der Waals surface area (Å²) < 4.78 is 33.0. The van der Waals surface area contributed by atoms with E-state index in [-0.39, 0.29) is 28.8 Å². The lowest BCUT2D eigenvalue weighted by molar-refractivity contribution is 0.0974. The van der Waals surface area contributed by atoms with Gasteiger partial charge in [0.15, 0.2) is 0 Å². The van der Waals surface area contributed by atoms with E-state index in [0.717, 1.165) is 44.7 Å². The zero-order valence-electron chi connectivity index (χ0n) is 20.6. The van der Waals surface area contributed by atoms with Crippen LogP contribution in [-0.2, 0) is 16.6 Å². The number of oxazole rings is 1. The van der Waals surface area contributed by atoms with E-state index in [1.165, 1.54) is 27.5 Å². The highest BCUT2D eigenvalue weighted by Gasteiger charge is 2.35. The highest BCUT2D eigenvalue weighted by molar-refractivity contribution is 7.89. The molecule has 12 nitrogen and oxygen atoms in total. The highest BCUT2D eigenvalue weighted by atomic mass is 32.2. The van der Waals surface area contributed by atoms with Crippen LogP contribution in [-0.4, -0.2) is 73.8 Å². The van der Waals surface area contributed by atoms with Gasteiger partial charge in [-0.3, -0.25) is 19.5 Å². The van der Waals surface area contributed by atoms with Crippen LogP contribution < -0.4 is 20.4 Å². The van der Waals surface area contributed by atoms with E-state index in [9.17, 15) is 18.0 Å². The number of amides is 2. The number of nitrogens with zero attached hydrogens (tertiary/aromatic N) is 5. The number of carbonyl (C=O) groups is 2. The number of anilines is 3. The molecule has 3 aromatic rings.